The number of nitrogen functional groups attached to an aromatic ring is 1. The van der Waals surface area contributed by atoms with Gasteiger partial charge in [-0.3, -0.25) is 4.79 Å². The van der Waals surface area contributed by atoms with Gasteiger partial charge in [0.2, 0.25) is 0 Å². The molecule has 0 radical (unpaired) electrons. The minimum Gasteiger partial charge on any atom is -0.399 e. The molecule has 1 aromatic carbocycles. The molecule has 0 saturated carbocycles. The highest BCUT2D eigenvalue weighted by molar-refractivity contribution is 5.97. The SMILES string of the molecule is Cc1cc(N)cc2c1CCN(C)C2=O. The zero-order valence-corrected chi connectivity index (χ0v) is 8.50. The Bertz CT molecular complexity index is 399. The van der Waals surface area contributed by atoms with Crippen LogP contribution >= 0.6 is 0 Å². The predicted molar refractivity (Wildman–Crippen MR) is 56.3 cm³/mol. The van der Waals surface area contributed by atoms with E-state index in [1.165, 1.54) is 0 Å². The molecule has 1 heterocycles. The average Bonchev–Trinajstić information content (AvgIpc) is 2.12. The van der Waals surface area contributed by atoms with Crippen molar-refractivity contribution in [2.24, 2.45) is 0 Å². The third-order valence-electron chi connectivity index (χ3n) is 2.77. The molecule has 0 aromatic heterocycles. The molecule has 0 unspecified atom stereocenters. The molecule has 3 nitrogen and oxygen atoms in total. The molecule has 0 atom stereocenters. The molecule has 2 rings (SSSR count). The van der Waals surface area contributed by atoms with Crippen molar-refractivity contribution >= 4 is 11.6 Å². The van der Waals surface area contributed by atoms with Gasteiger partial charge < -0.3 is 10.6 Å². The number of anilines is 1. The second kappa shape index (κ2) is 3.01. The van der Waals surface area contributed by atoms with Crippen molar-refractivity contribution in [3.8, 4) is 0 Å². The molecule has 0 spiro atoms. The summed E-state index contributed by atoms with van der Waals surface area (Å²) in [6.45, 7) is 2.81. The van der Waals surface area contributed by atoms with Crippen LogP contribution in [0.3, 0.4) is 0 Å². The molecule has 0 saturated heterocycles. The van der Waals surface area contributed by atoms with Gasteiger partial charge in [-0.1, -0.05) is 0 Å². The van der Waals surface area contributed by atoms with Crippen LogP contribution in [0.2, 0.25) is 0 Å². The number of rotatable bonds is 0. The molecule has 14 heavy (non-hydrogen) atoms. The zero-order valence-electron chi connectivity index (χ0n) is 8.50. The summed E-state index contributed by atoms with van der Waals surface area (Å²) in [6, 6.07) is 3.71. The summed E-state index contributed by atoms with van der Waals surface area (Å²) in [5, 5.41) is 0. The molecule has 2 N–H and O–H groups in total. The maximum absolute atomic E-state index is 11.8. The number of benzene rings is 1. The summed E-state index contributed by atoms with van der Waals surface area (Å²) in [6.07, 6.45) is 0.934. The maximum atomic E-state index is 11.8. The first-order valence-electron chi connectivity index (χ1n) is 4.74. The summed E-state index contributed by atoms with van der Waals surface area (Å²) in [7, 11) is 1.82. The van der Waals surface area contributed by atoms with Crippen LogP contribution in [0.1, 0.15) is 21.5 Å². The van der Waals surface area contributed by atoms with Gasteiger partial charge in [0, 0.05) is 24.8 Å². The standard InChI is InChI=1S/C11H14N2O/c1-7-5-8(12)6-10-9(7)3-4-13(2)11(10)14/h5-6H,3-4,12H2,1-2H3. The molecule has 1 aliphatic rings. The van der Waals surface area contributed by atoms with Crippen molar-refractivity contribution < 1.29 is 4.79 Å². The third-order valence-corrected chi connectivity index (χ3v) is 2.77. The normalized spacial score (nSPS) is 15.6. The summed E-state index contributed by atoms with van der Waals surface area (Å²) in [4.78, 5) is 13.5. The number of fused-ring (bicyclic) bond motifs is 1. The van der Waals surface area contributed by atoms with Crippen molar-refractivity contribution in [3.63, 3.8) is 0 Å². The number of likely N-dealkylation sites (N-methyl/N-ethyl adjacent to an activating group) is 1. The minimum absolute atomic E-state index is 0.0849. The van der Waals surface area contributed by atoms with E-state index in [0.717, 1.165) is 29.7 Å². The molecule has 74 valence electrons. The lowest BCUT2D eigenvalue weighted by atomic mass is 9.94. The Hall–Kier alpha value is -1.51. The van der Waals surface area contributed by atoms with Crippen LogP contribution in [-0.4, -0.2) is 24.4 Å². The molecular formula is C11H14N2O. The van der Waals surface area contributed by atoms with Crippen LogP contribution in [0.25, 0.3) is 0 Å². The Kier molecular flexibility index (Phi) is 1.95. The van der Waals surface area contributed by atoms with E-state index >= 15 is 0 Å². The smallest absolute Gasteiger partial charge is 0.253 e. The van der Waals surface area contributed by atoms with Crippen LogP contribution in [0, 0.1) is 6.92 Å². The number of amides is 1. The number of hydrogen-bond acceptors (Lipinski definition) is 2. The van der Waals surface area contributed by atoms with Gasteiger partial charge in [-0.2, -0.15) is 0 Å². The van der Waals surface area contributed by atoms with Crippen LogP contribution in [-0.2, 0) is 6.42 Å². The number of carbonyl (C=O) groups is 1. The van der Waals surface area contributed by atoms with E-state index in [0.29, 0.717) is 5.69 Å². The number of aryl methyl sites for hydroxylation is 1. The van der Waals surface area contributed by atoms with Gasteiger partial charge in [-0.25, -0.2) is 0 Å². The third kappa shape index (κ3) is 1.25. The summed E-state index contributed by atoms with van der Waals surface area (Å²) < 4.78 is 0. The van der Waals surface area contributed by atoms with Gasteiger partial charge in [-0.05, 0) is 36.6 Å². The number of carbonyl (C=O) groups excluding carboxylic acids is 1. The van der Waals surface area contributed by atoms with Gasteiger partial charge in [0.1, 0.15) is 0 Å². The highest BCUT2D eigenvalue weighted by Gasteiger charge is 2.22. The van der Waals surface area contributed by atoms with Crippen LogP contribution in [0.4, 0.5) is 5.69 Å². The fraction of sp³-hybridized carbons (Fsp3) is 0.364. The summed E-state index contributed by atoms with van der Waals surface area (Å²) in [5.74, 6) is 0.0849. The Morgan fingerprint density at radius 3 is 2.86 bits per heavy atom. The summed E-state index contributed by atoms with van der Waals surface area (Å²) >= 11 is 0. The van der Waals surface area contributed by atoms with Gasteiger partial charge in [0.15, 0.2) is 0 Å². The van der Waals surface area contributed by atoms with Gasteiger partial charge >= 0.3 is 0 Å². The van der Waals surface area contributed by atoms with E-state index in [1.54, 1.807) is 11.0 Å². The Morgan fingerprint density at radius 1 is 1.43 bits per heavy atom. The Balaban J connectivity index is 2.60. The van der Waals surface area contributed by atoms with Crippen molar-refractivity contribution in [1.82, 2.24) is 4.90 Å². The van der Waals surface area contributed by atoms with E-state index in [1.807, 2.05) is 20.0 Å². The molecule has 1 amide bonds. The molecule has 0 fully saturated rings. The lowest BCUT2D eigenvalue weighted by Crippen LogP contribution is -2.34. The Morgan fingerprint density at radius 2 is 2.14 bits per heavy atom. The van der Waals surface area contributed by atoms with E-state index in [-0.39, 0.29) is 5.91 Å². The van der Waals surface area contributed by atoms with E-state index in [2.05, 4.69) is 0 Å². The molecule has 3 heteroatoms. The molecular weight excluding hydrogens is 176 g/mol. The predicted octanol–water partition coefficient (Wildman–Crippen LogP) is 1.21. The Labute approximate surface area is 83.5 Å². The first-order valence-corrected chi connectivity index (χ1v) is 4.74. The first kappa shape index (κ1) is 9.06. The molecule has 0 aliphatic carbocycles. The van der Waals surface area contributed by atoms with E-state index in [4.69, 9.17) is 5.73 Å². The lowest BCUT2D eigenvalue weighted by molar-refractivity contribution is 0.0780. The van der Waals surface area contributed by atoms with Gasteiger partial charge in [0.25, 0.3) is 5.91 Å². The molecule has 1 aliphatic heterocycles. The zero-order chi connectivity index (χ0) is 10.3. The summed E-state index contributed by atoms with van der Waals surface area (Å²) in [5.41, 5.74) is 9.45. The van der Waals surface area contributed by atoms with E-state index < -0.39 is 0 Å². The van der Waals surface area contributed by atoms with Crippen molar-refractivity contribution in [1.29, 1.82) is 0 Å². The van der Waals surface area contributed by atoms with Crippen LogP contribution in [0.5, 0.6) is 0 Å². The number of hydrogen-bond donors (Lipinski definition) is 1. The maximum Gasteiger partial charge on any atom is 0.253 e. The average molecular weight is 190 g/mol. The first-order chi connectivity index (χ1) is 6.59. The quantitative estimate of drug-likeness (QED) is 0.625. The van der Waals surface area contributed by atoms with Gasteiger partial charge in [-0.15, -0.1) is 0 Å². The topological polar surface area (TPSA) is 46.3 Å². The highest BCUT2D eigenvalue weighted by atomic mass is 16.2. The highest BCUT2D eigenvalue weighted by Crippen LogP contribution is 2.24. The monoisotopic (exact) mass is 190 g/mol. The second-order valence-electron chi connectivity index (χ2n) is 3.84. The fourth-order valence-electron chi connectivity index (χ4n) is 1.95. The fourth-order valence-corrected chi connectivity index (χ4v) is 1.95. The number of nitrogens with two attached hydrogens (primary N) is 1. The van der Waals surface area contributed by atoms with Crippen molar-refractivity contribution in [3.05, 3.63) is 28.8 Å². The van der Waals surface area contributed by atoms with Crippen LogP contribution < -0.4 is 5.73 Å². The van der Waals surface area contributed by atoms with Gasteiger partial charge in [0.05, 0.1) is 0 Å². The second-order valence-corrected chi connectivity index (χ2v) is 3.84. The van der Waals surface area contributed by atoms with Crippen LogP contribution in [0.15, 0.2) is 12.1 Å². The lowest BCUT2D eigenvalue weighted by Gasteiger charge is -2.26. The van der Waals surface area contributed by atoms with Crippen molar-refractivity contribution in [2.45, 2.75) is 13.3 Å². The largest absolute Gasteiger partial charge is 0.399 e. The molecule has 0 bridgehead atoms. The van der Waals surface area contributed by atoms with Crippen molar-refractivity contribution in [2.75, 3.05) is 19.3 Å². The molecule has 1 aromatic rings. The van der Waals surface area contributed by atoms with E-state index in [9.17, 15) is 4.79 Å². The number of nitrogens with zero attached hydrogens (tertiary/aromatic N) is 1. The minimum atomic E-state index is 0.0849.